The molecule has 0 unspecified atom stereocenters. The lowest BCUT2D eigenvalue weighted by Crippen LogP contribution is -2.14. The molecule has 0 amide bonds. The Hall–Kier alpha value is -1.30. The predicted molar refractivity (Wildman–Crippen MR) is 62.0 cm³/mol. The molecule has 0 nitrogen and oxygen atoms in total. The molecule has 0 N–H and O–H groups in total. The molecule has 0 saturated carbocycles. The van der Waals surface area contributed by atoms with E-state index in [-0.39, 0.29) is 5.41 Å². The smallest absolute Gasteiger partial charge is 0.00631 e. The van der Waals surface area contributed by atoms with Gasteiger partial charge in [-0.15, -0.1) is 0 Å². The Bertz CT molecular complexity index is 366. The summed E-state index contributed by atoms with van der Waals surface area (Å²) in [5.74, 6) is 0. The Balaban J connectivity index is 2.43. The van der Waals surface area contributed by atoms with Crippen molar-refractivity contribution in [2.24, 2.45) is 5.41 Å². The number of benzene rings is 1. The molecule has 72 valence electrons. The molecule has 0 heteroatoms. The van der Waals surface area contributed by atoms with E-state index < -0.39 is 0 Å². The molecule has 1 aromatic rings. The first-order valence-corrected chi connectivity index (χ1v) is 5.13. The zero-order valence-electron chi connectivity index (χ0n) is 8.83. The third-order valence-corrected chi connectivity index (χ3v) is 2.84. The lowest BCUT2D eigenvalue weighted by Gasteiger charge is -2.29. The molecule has 0 heterocycles. The highest BCUT2D eigenvalue weighted by Gasteiger charge is 2.24. The molecule has 0 saturated heterocycles. The lowest BCUT2D eigenvalue weighted by molar-refractivity contribution is 0.506. The van der Waals surface area contributed by atoms with Crippen LogP contribution in [0.4, 0.5) is 0 Å². The highest BCUT2D eigenvalue weighted by Crippen LogP contribution is 2.39. The van der Waals surface area contributed by atoms with Crippen molar-refractivity contribution in [3.05, 3.63) is 54.1 Å². The summed E-state index contributed by atoms with van der Waals surface area (Å²) in [5, 5.41) is 0. The largest absolute Gasteiger partial charge is 0.0837 e. The zero-order chi connectivity index (χ0) is 10.0. The predicted octanol–water partition coefficient (Wildman–Crippen LogP) is 4.06. The fraction of sp³-hybridized carbons (Fsp3) is 0.286. The van der Waals surface area contributed by atoms with Crippen LogP contribution in [0.1, 0.15) is 25.8 Å². The molecule has 2 rings (SSSR count). The highest BCUT2D eigenvalue weighted by atomic mass is 14.3. The maximum absolute atomic E-state index is 2.30. The maximum atomic E-state index is 2.30. The quantitative estimate of drug-likeness (QED) is 0.617. The molecular weight excluding hydrogens is 168 g/mol. The van der Waals surface area contributed by atoms with Crippen LogP contribution in [0.2, 0.25) is 0 Å². The third kappa shape index (κ3) is 1.65. The number of rotatable bonds is 1. The van der Waals surface area contributed by atoms with Crippen molar-refractivity contribution in [3.63, 3.8) is 0 Å². The summed E-state index contributed by atoms with van der Waals surface area (Å²) in [7, 11) is 0. The molecule has 1 aliphatic rings. The Morgan fingerprint density at radius 3 is 2.43 bits per heavy atom. The number of allylic oxidation sites excluding steroid dienone is 4. The van der Waals surface area contributed by atoms with Gasteiger partial charge in [0.2, 0.25) is 0 Å². The highest BCUT2D eigenvalue weighted by molar-refractivity contribution is 5.72. The zero-order valence-corrected chi connectivity index (χ0v) is 8.83. The summed E-state index contributed by atoms with van der Waals surface area (Å²) in [6.45, 7) is 4.60. The Morgan fingerprint density at radius 2 is 1.79 bits per heavy atom. The molecule has 0 fully saturated rings. The van der Waals surface area contributed by atoms with Gasteiger partial charge in [0, 0.05) is 0 Å². The molecule has 1 aromatic carbocycles. The summed E-state index contributed by atoms with van der Waals surface area (Å²) in [6, 6.07) is 10.6. The van der Waals surface area contributed by atoms with Crippen molar-refractivity contribution < 1.29 is 0 Å². The first kappa shape index (κ1) is 9.26. The van der Waals surface area contributed by atoms with Crippen LogP contribution >= 0.6 is 0 Å². The minimum absolute atomic E-state index is 0.274. The van der Waals surface area contributed by atoms with Crippen LogP contribution in [0.5, 0.6) is 0 Å². The summed E-state index contributed by atoms with van der Waals surface area (Å²) in [5.41, 5.74) is 3.07. The molecule has 1 aliphatic carbocycles. The molecule has 0 bridgehead atoms. The number of hydrogen-bond donors (Lipinski definition) is 0. The minimum atomic E-state index is 0.274. The Labute approximate surface area is 86.0 Å². The van der Waals surface area contributed by atoms with Crippen LogP contribution in [0, 0.1) is 5.41 Å². The first-order valence-electron chi connectivity index (χ1n) is 5.13. The van der Waals surface area contributed by atoms with E-state index in [4.69, 9.17) is 0 Å². The van der Waals surface area contributed by atoms with Gasteiger partial charge in [0.05, 0.1) is 0 Å². The second-order valence-corrected chi connectivity index (χ2v) is 4.46. The van der Waals surface area contributed by atoms with Crippen molar-refractivity contribution in [2.45, 2.75) is 20.3 Å². The maximum Gasteiger partial charge on any atom is -0.00631 e. The summed E-state index contributed by atoms with van der Waals surface area (Å²) >= 11 is 0. The van der Waals surface area contributed by atoms with Gasteiger partial charge in [-0.2, -0.15) is 0 Å². The van der Waals surface area contributed by atoms with Crippen molar-refractivity contribution in [1.29, 1.82) is 0 Å². The van der Waals surface area contributed by atoms with Crippen molar-refractivity contribution in [1.82, 2.24) is 0 Å². The minimum Gasteiger partial charge on any atom is -0.0837 e. The van der Waals surface area contributed by atoms with E-state index >= 15 is 0 Å². The van der Waals surface area contributed by atoms with E-state index in [1.54, 1.807) is 0 Å². The molecular formula is C14H16. The SMILES string of the molecule is CC1(C)CC=CC=C1c1ccccc1. The van der Waals surface area contributed by atoms with Gasteiger partial charge in [-0.1, -0.05) is 62.4 Å². The van der Waals surface area contributed by atoms with Gasteiger partial charge in [0.25, 0.3) is 0 Å². The van der Waals surface area contributed by atoms with E-state index in [1.807, 2.05) is 0 Å². The summed E-state index contributed by atoms with van der Waals surface area (Å²) in [6.07, 6.45) is 7.77. The monoisotopic (exact) mass is 184 g/mol. The molecule has 14 heavy (non-hydrogen) atoms. The van der Waals surface area contributed by atoms with Crippen molar-refractivity contribution in [3.8, 4) is 0 Å². The standard InChI is InChI=1S/C14H16/c1-14(2)11-7-6-10-13(14)12-8-4-3-5-9-12/h3-10H,11H2,1-2H3. The van der Waals surface area contributed by atoms with E-state index in [0.29, 0.717) is 0 Å². The van der Waals surface area contributed by atoms with Gasteiger partial charge in [-0.3, -0.25) is 0 Å². The molecule has 0 radical (unpaired) electrons. The average molecular weight is 184 g/mol. The number of hydrogen-bond acceptors (Lipinski definition) is 0. The van der Waals surface area contributed by atoms with E-state index in [9.17, 15) is 0 Å². The fourth-order valence-electron chi connectivity index (χ4n) is 1.97. The lowest BCUT2D eigenvalue weighted by atomic mass is 9.75. The third-order valence-electron chi connectivity index (χ3n) is 2.84. The van der Waals surface area contributed by atoms with Crippen LogP contribution in [0.3, 0.4) is 0 Å². The van der Waals surface area contributed by atoms with Crippen LogP contribution < -0.4 is 0 Å². The van der Waals surface area contributed by atoms with Crippen LogP contribution in [-0.4, -0.2) is 0 Å². The second kappa shape index (κ2) is 3.45. The molecule has 0 atom stereocenters. The van der Waals surface area contributed by atoms with Crippen LogP contribution in [-0.2, 0) is 0 Å². The first-order chi connectivity index (χ1) is 6.70. The second-order valence-electron chi connectivity index (χ2n) is 4.46. The van der Waals surface area contributed by atoms with Gasteiger partial charge in [-0.25, -0.2) is 0 Å². The normalized spacial score (nSPS) is 19.1. The Morgan fingerprint density at radius 1 is 1.07 bits per heavy atom. The van der Waals surface area contributed by atoms with Crippen LogP contribution in [0.25, 0.3) is 5.57 Å². The van der Waals surface area contributed by atoms with E-state index in [0.717, 1.165) is 6.42 Å². The van der Waals surface area contributed by atoms with E-state index in [1.165, 1.54) is 11.1 Å². The topological polar surface area (TPSA) is 0 Å². The van der Waals surface area contributed by atoms with E-state index in [2.05, 4.69) is 62.4 Å². The fourth-order valence-corrected chi connectivity index (χ4v) is 1.97. The molecule has 0 aliphatic heterocycles. The van der Waals surface area contributed by atoms with Gasteiger partial charge >= 0.3 is 0 Å². The van der Waals surface area contributed by atoms with Crippen molar-refractivity contribution >= 4 is 5.57 Å². The van der Waals surface area contributed by atoms with Gasteiger partial charge < -0.3 is 0 Å². The molecule has 0 aromatic heterocycles. The summed E-state index contributed by atoms with van der Waals surface area (Å²) < 4.78 is 0. The Kier molecular flexibility index (Phi) is 2.28. The van der Waals surface area contributed by atoms with Gasteiger partial charge in [0.1, 0.15) is 0 Å². The molecule has 0 spiro atoms. The van der Waals surface area contributed by atoms with Crippen molar-refractivity contribution in [2.75, 3.05) is 0 Å². The van der Waals surface area contributed by atoms with Crippen LogP contribution in [0.15, 0.2) is 48.6 Å². The van der Waals surface area contributed by atoms with Gasteiger partial charge in [0.15, 0.2) is 0 Å². The average Bonchev–Trinajstić information content (AvgIpc) is 2.18. The summed E-state index contributed by atoms with van der Waals surface area (Å²) in [4.78, 5) is 0. The van der Waals surface area contributed by atoms with Gasteiger partial charge in [-0.05, 0) is 23.0 Å².